The highest BCUT2D eigenvalue weighted by molar-refractivity contribution is 5.46. The summed E-state index contributed by atoms with van der Waals surface area (Å²) < 4.78 is 39.3. The van der Waals surface area contributed by atoms with E-state index < -0.39 is 17.5 Å². The normalized spacial score (nSPS) is 20.3. The van der Waals surface area contributed by atoms with Gasteiger partial charge in [-0.05, 0) is 19.4 Å². The maximum Gasteiger partial charge on any atom is 0.152 e. The van der Waals surface area contributed by atoms with Gasteiger partial charge in [-0.2, -0.15) is 0 Å². The first-order valence-electron chi connectivity index (χ1n) is 5.78. The summed E-state index contributed by atoms with van der Waals surface area (Å²) in [6.45, 7) is 1.38. The third kappa shape index (κ3) is 3.12. The molecule has 1 atom stereocenters. The predicted octanol–water partition coefficient (Wildman–Crippen LogP) is 2.66. The summed E-state index contributed by atoms with van der Waals surface area (Å²) in [7, 11) is 0. The second-order valence-electron chi connectivity index (χ2n) is 4.27. The van der Waals surface area contributed by atoms with Crippen LogP contribution in [0.3, 0.4) is 0 Å². The average molecular weight is 244 g/mol. The van der Waals surface area contributed by atoms with Crippen LogP contribution in [-0.4, -0.2) is 19.1 Å². The lowest BCUT2D eigenvalue weighted by Crippen LogP contribution is -2.39. The van der Waals surface area contributed by atoms with Crippen LogP contribution >= 0.6 is 0 Å². The van der Waals surface area contributed by atoms with Crippen LogP contribution in [-0.2, 0) is 0 Å². The van der Waals surface area contributed by atoms with Crippen molar-refractivity contribution in [2.24, 2.45) is 0 Å². The van der Waals surface area contributed by atoms with Gasteiger partial charge in [-0.25, -0.2) is 13.2 Å². The minimum Gasteiger partial charge on any atom is -0.379 e. The number of halogens is 3. The van der Waals surface area contributed by atoms with Gasteiger partial charge in [0, 0.05) is 24.7 Å². The van der Waals surface area contributed by atoms with Gasteiger partial charge in [0.2, 0.25) is 0 Å². The van der Waals surface area contributed by atoms with Crippen LogP contribution in [0.15, 0.2) is 12.1 Å². The van der Waals surface area contributed by atoms with E-state index in [2.05, 4.69) is 10.6 Å². The van der Waals surface area contributed by atoms with E-state index in [4.69, 9.17) is 0 Å². The Morgan fingerprint density at radius 1 is 1.18 bits per heavy atom. The van der Waals surface area contributed by atoms with Crippen LogP contribution in [0.4, 0.5) is 18.9 Å². The van der Waals surface area contributed by atoms with E-state index in [1.54, 1.807) is 0 Å². The fourth-order valence-corrected chi connectivity index (χ4v) is 2.03. The molecule has 94 valence electrons. The molecule has 2 N–H and O–H groups in total. The van der Waals surface area contributed by atoms with Gasteiger partial charge in [-0.3, -0.25) is 0 Å². The van der Waals surface area contributed by atoms with Crippen molar-refractivity contribution in [3.63, 3.8) is 0 Å². The second-order valence-corrected chi connectivity index (χ2v) is 4.27. The standard InChI is InChI=1S/C12H15F3N2/c13-8-5-10(14)12(11(15)6-8)17-7-9-3-1-2-4-16-9/h5-6,9,16-17H,1-4,7H2. The molecule has 1 aromatic carbocycles. The van der Waals surface area contributed by atoms with Gasteiger partial charge >= 0.3 is 0 Å². The number of hydrogen-bond donors (Lipinski definition) is 2. The molecule has 1 fully saturated rings. The number of nitrogens with one attached hydrogen (secondary N) is 2. The molecule has 1 aliphatic rings. The molecule has 1 aromatic rings. The molecule has 1 saturated heterocycles. The fourth-order valence-electron chi connectivity index (χ4n) is 2.03. The number of rotatable bonds is 3. The quantitative estimate of drug-likeness (QED) is 0.854. The van der Waals surface area contributed by atoms with Gasteiger partial charge in [0.15, 0.2) is 11.6 Å². The lowest BCUT2D eigenvalue weighted by molar-refractivity contribution is 0.413. The van der Waals surface area contributed by atoms with Crippen LogP contribution in [0.5, 0.6) is 0 Å². The third-order valence-electron chi connectivity index (χ3n) is 2.94. The molecular formula is C12H15F3N2. The lowest BCUT2D eigenvalue weighted by Gasteiger charge is -2.24. The zero-order valence-electron chi connectivity index (χ0n) is 9.40. The molecule has 17 heavy (non-hydrogen) atoms. The van der Waals surface area contributed by atoms with Crippen molar-refractivity contribution in [2.75, 3.05) is 18.4 Å². The molecular weight excluding hydrogens is 229 g/mol. The molecule has 1 heterocycles. The summed E-state index contributed by atoms with van der Waals surface area (Å²) in [4.78, 5) is 0. The van der Waals surface area contributed by atoms with Crippen molar-refractivity contribution in [1.29, 1.82) is 0 Å². The summed E-state index contributed by atoms with van der Waals surface area (Å²) >= 11 is 0. The van der Waals surface area contributed by atoms with Gasteiger partial charge in [0.05, 0.1) is 0 Å². The Bertz CT molecular complexity index is 366. The molecule has 5 heteroatoms. The van der Waals surface area contributed by atoms with E-state index in [0.29, 0.717) is 18.7 Å². The van der Waals surface area contributed by atoms with E-state index in [0.717, 1.165) is 25.8 Å². The van der Waals surface area contributed by atoms with E-state index in [-0.39, 0.29) is 11.7 Å². The first-order chi connectivity index (χ1) is 8.16. The Hall–Kier alpha value is -1.23. The van der Waals surface area contributed by atoms with Gasteiger partial charge in [-0.1, -0.05) is 6.42 Å². The highest BCUT2D eigenvalue weighted by Crippen LogP contribution is 2.20. The summed E-state index contributed by atoms with van der Waals surface area (Å²) in [5, 5.41) is 5.96. The number of hydrogen-bond acceptors (Lipinski definition) is 2. The van der Waals surface area contributed by atoms with Crippen molar-refractivity contribution < 1.29 is 13.2 Å². The zero-order valence-corrected chi connectivity index (χ0v) is 9.40. The van der Waals surface area contributed by atoms with Crippen molar-refractivity contribution >= 4 is 5.69 Å². The van der Waals surface area contributed by atoms with Gasteiger partial charge in [-0.15, -0.1) is 0 Å². The molecule has 0 spiro atoms. The Labute approximate surface area is 98.2 Å². The fraction of sp³-hybridized carbons (Fsp3) is 0.500. The molecule has 0 bridgehead atoms. The van der Waals surface area contributed by atoms with Crippen LogP contribution in [0, 0.1) is 17.5 Å². The maximum absolute atomic E-state index is 13.3. The van der Waals surface area contributed by atoms with Gasteiger partial charge in [0.25, 0.3) is 0 Å². The molecule has 0 saturated carbocycles. The summed E-state index contributed by atoms with van der Waals surface area (Å²) in [5.41, 5.74) is -0.251. The number of benzene rings is 1. The first-order valence-corrected chi connectivity index (χ1v) is 5.78. The van der Waals surface area contributed by atoms with Gasteiger partial charge < -0.3 is 10.6 Å². The number of anilines is 1. The monoisotopic (exact) mass is 244 g/mol. The van der Waals surface area contributed by atoms with Crippen LogP contribution in [0.2, 0.25) is 0 Å². The van der Waals surface area contributed by atoms with Crippen molar-refractivity contribution in [3.05, 3.63) is 29.6 Å². The summed E-state index contributed by atoms with van der Waals surface area (Å²) in [5.74, 6) is -2.68. The molecule has 0 radical (unpaired) electrons. The van der Waals surface area contributed by atoms with E-state index >= 15 is 0 Å². The molecule has 2 nitrogen and oxygen atoms in total. The molecule has 1 aliphatic heterocycles. The van der Waals surface area contributed by atoms with Crippen molar-refractivity contribution in [3.8, 4) is 0 Å². The van der Waals surface area contributed by atoms with Crippen LogP contribution < -0.4 is 10.6 Å². The number of piperidine rings is 1. The molecule has 0 aliphatic carbocycles. The minimum absolute atomic E-state index is 0.215. The SMILES string of the molecule is Fc1cc(F)c(NCC2CCCCN2)c(F)c1. The highest BCUT2D eigenvalue weighted by Gasteiger charge is 2.15. The zero-order chi connectivity index (χ0) is 12.3. The summed E-state index contributed by atoms with van der Waals surface area (Å²) in [6.07, 6.45) is 3.24. The molecule has 0 aromatic heterocycles. The largest absolute Gasteiger partial charge is 0.379 e. The lowest BCUT2D eigenvalue weighted by atomic mass is 10.1. The Morgan fingerprint density at radius 2 is 1.88 bits per heavy atom. The third-order valence-corrected chi connectivity index (χ3v) is 2.94. The Morgan fingerprint density at radius 3 is 2.47 bits per heavy atom. The topological polar surface area (TPSA) is 24.1 Å². The van der Waals surface area contributed by atoms with E-state index in [1.165, 1.54) is 0 Å². The van der Waals surface area contributed by atoms with E-state index in [1.807, 2.05) is 0 Å². The smallest absolute Gasteiger partial charge is 0.152 e. The Kier molecular flexibility index (Phi) is 3.89. The van der Waals surface area contributed by atoms with Crippen molar-refractivity contribution in [1.82, 2.24) is 5.32 Å². The average Bonchev–Trinajstić information content (AvgIpc) is 2.29. The molecule has 1 unspecified atom stereocenters. The van der Waals surface area contributed by atoms with Crippen LogP contribution in [0.1, 0.15) is 19.3 Å². The second kappa shape index (κ2) is 5.40. The van der Waals surface area contributed by atoms with E-state index in [9.17, 15) is 13.2 Å². The highest BCUT2D eigenvalue weighted by atomic mass is 19.1. The maximum atomic E-state index is 13.3. The molecule has 0 amide bonds. The van der Waals surface area contributed by atoms with Crippen LogP contribution in [0.25, 0.3) is 0 Å². The first kappa shape index (κ1) is 12.2. The van der Waals surface area contributed by atoms with Gasteiger partial charge in [0.1, 0.15) is 11.5 Å². The molecule has 2 rings (SSSR count). The summed E-state index contributed by atoms with van der Waals surface area (Å²) in [6, 6.07) is 1.58. The predicted molar refractivity (Wildman–Crippen MR) is 60.4 cm³/mol. The Balaban J connectivity index is 1.98. The minimum atomic E-state index is -0.902. The van der Waals surface area contributed by atoms with Crippen molar-refractivity contribution in [2.45, 2.75) is 25.3 Å².